The number of aromatic carboxylic acids is 1. The highest BCUT2D eigenvalue weighted by Gasteiger charge is 2.30. The zero-order valence-corrected chi connectivity index (χ0v) is 16.4. The summed E-state index contributed by atoms with van der Waals surface area (Å²) in [6, 6.07) is 14.8. The molecule has 0 aromatic heterocycles. The average molecular weight is 381 g/mol. The maximum absolute atomic E-state index is 12.2. The van der Waals surface area contributed by atoms with Crippen LogP contribution in [0.2, 0.25) is 0 Å². The summed E-state index contributed by atoms with van der Waals surface area (Å²) in [5, 5.41) is 14.7. The average Bonchev–Trinajstić information content (AvgIpc) is 2.70. The number of nitrogens with zero attached hydrogens (tertiary/aromatic N) is 1. The molecule has 148 valence electrons. The van der Waals surface area contributed by atoms with Gasteiger partial charge in [0, 0.05) is 31.7 Å². The van der Waals surface area contributed by atoms with E-state index in [1.165, 1.54) is 23.3 Å². The minimum absolute atomic E-state index is 0.159. The van der Waals surface area contributed by atoms with Crippen LogP contribution in [-0.2, 0) is 19.5 Å². The van der Waals surface area contributed by atoms with E-state index in [-0.39, 0.29) is 17.1 Å². The summed E-state index contributed by atoms with van der Waals surface area (Å²) in [6.07, 6.45) is 1.03. The number of carboxylic acid groups (broad SMARTS) is 1. The normalized spacial score (nSPS) is 14.2. The first-order valence-corrected chi connectivity index (χ1v) is 9.51. The van der Waals surface area contributed by atoms with Gasteiger partial charge in [0.05, 0.1) is 5.56 Å². The van der Waals surface area contributed by atoms with E-state index in [0.717, 1.165) is 25.1 Å². The van der Waals surface area contributed by atoms with Gasteiger partial charge in [-0.05, 0) is 49.1 Å². The van der Waals surface area contributed by atoms with Crippen LogP contribution in [0.25, 0.3) is 0 Å². The van der Waals surface area contributed by atoms with Gasteiger partial charge in [0.1, 0.15) is 0 Å². The minimum atomic E-state index is -0.959. The Morgan fingerprint density at radius 2 is 1.71 bits per heavy atom. The molecular formula is C22H27N3O3. The number of nitrogens with one attached hydrogen (secondary N) is 2. The van der Waals surface area contributed by atoms with Crippen molar-refractivity contribution < 1.29 is 14.7 Å². The molecule has 28 heavy (non-hydrogen) atoms. The van der Waals surface area contributed by atoms with Crippen molar-refractivity contribution in [3.8, 4) is 0 Å². The molecule has 0 bridgehead atoms. The maximum Gasteiger partial charge on any atom is 0.335 e. The molecule has 1 aliphatic rings. The number of fused-ring (bicyclic) bond motifs is 1. The largest absolute Gasteiger partial charge is 0.478 e. The minimum Gasteiger partial charge on any atom is -0.478 e. The Labute approximate surface area is 165 Å². The number of hydrogen-bond acceptors (Lipinski definition) is 3. The molecule has 0 fully saturated rings. The quantitative estimate of drug-likeness (QED) is 0.718. The van der Waals surface area contributed by atoms with Crippen LogP contribution in [0.1, 0.15) is 40.9 Å². The first-order chi connectivity index (χ1) is 13.3. The summed E-state index contributed by atoms with van der Waals surface area (Å²) in [5.74, 6) is -0.959. The molecule has 2 aromatic carbocycles. The van der Waals surface area contributed by atoms with Crippen LogP contribution in [0.3, 0.4) is 0 Å². The molecule has 1 aliphatic heterocycles. The van der Waals surface area contributed by atoms with E-state index in [0.29, 0.717) is 13.1 Å². The van der Waals surface area contributed by atoms with Crippen molar-refractivity contribution in [1.82, 2.24) is 15.5 Å². The number of hydrogen-bond donors (Lipinski definition) is 3. The second-order valence-electron chi connectivity index (χ2n) is 7.79. The fourth-order valence-corrected chi connectivity index (χ4v) is 3.43. The van der Waals surface area contributed by atoms with Crippen LogP contribution in [0.15, 0.2) is 48.5 Å². The monoisotopic (exact) mass is 381 g/mol. The summed E-state index contributed by atoms with van der Waals surface area (Å²) in [4.78, 5) is 25.5. The van der Waals surface area contributed by atoms with E-state index in [9.17, 15) is 9.59 Å². The van der Waals surface area contributed by atoms with Crippen molar-refractivity contribution in [3.63, 3.8) is 0 Å². The van der Waals surface area contributed by atoms with Gasteiger partial charge in [-0.15, -0.1) is 0 Å². The first-order valence-electron chi connectivity index (χ1n) is 9.51. The van der Waals surface area contributed by atoms with Gasteiger partial charge in [0.15, 0.2) is 0 Å². The Balaban J connectivity index is 1.47. The summed E-state index contributed by atoms with van der Waals surface area (Å²) < 4.78 is 0. The Morgan fingerprint density at radius 1 is 1.04 bits per heavy atom. The van der Waals surface area contributed by atoms with Gasteiger partial charge in [-0.3, -0.25) is 4.90 Å². The van der Waals surface area contributed by atoms with Crippen molar-refractivity contribution in [3.05, 3.63) is 70.8 Å². The lowest BCUT2D eigenvalue weighted by molar-refractivity contribution is 0.0697. The fraction of sp³-hybridized carbons (Fsp3) is 0.364. The van der Waals surface area contributed by atoms with Gasteiger partial charge < -0.3 is 15.7 Å². The molecular weight excluding hydrogens is 354 g/mol. The highest BCUT2D eigenvalue weighted by molar-refractivity contribution is 5.87. The smallest absolute Gasteiger partial charge is 0.335 e. The molecule has 2 aromatic rings. The summed E-state index contributed by atoms with van der Waals surface area (Å²) in [6.45, 7) is 7.05. The van der Waals surface area contributed by atoms with Crippen LogP contribution in [-0.4, -0.2) is 40.6 Å². The van der Waals surface area contributed by atoms with Crippen LogP contribution in [0.4, 0.5) is 4.79 Å². The number of carboxylic acids is 1. The molecule has 0 radical (unpaired) electrons. The van der Waals surface area contributed by atoms with E-state index in [1.54, 1.807) is 12.1 Å². The van der Waals surface area contributed by atoms with Crippen molar-refractivity contribution in [2.24, 2.45) is 0 Å². The molecule has 6 heteroatoms. The molecule has 2 amide bonds. The van der Waals surface area contributed by atoms with Gasteiger partial charge in [-0.1, -0.05) is 36.4 Å². The highest BCUT2D eigenvalue weighted by atomic mass is 16.4. The molecule has 6 nitrogen and oxygen atoms in total. The van der Waals surface area contributed by atoms with Gasteiger partial charge in [-0.25, -0.2) is 9.59 Å². The van der Waals surface area contributed by atoms with Crippen LogP contribution in [0.5, 0.6) is 0 Å². The number of rotatable bonds is 6. The molecule has 3 N–H and O–H groups in total. The second kappa shape index (κ2) is 8.44. The van der Waals surface area contributed by atoms with E-state index >= 15 is 0 Å². The van der Waals surface area contributed by atoms with Crippen molar-refractivity contribution in [2.75, 3.05) is 13.1 Å². The van der Waals surface area contributed by atoms with Crippen LogP contribution in [0, 0.1) is 0 Å². The predicted octanol–water partition coefficient (Wildman–Crippen LogP) is 3.02. The van der Waals surface area contributed by atoms with Gasteiger partial charge in [0.2, 0.25) is 0 Å². The predicted molar refractivity (Wildman–Crippen MR) is 108 cm³/mol. The zero-order chi connectivity index (χ0) is 20.1. The third-order valence-corrected chi connectivity index (χ3v) is 5.32. The summed E-state index contributed by atoms with van der Waals surface area (Å²) in [7, 11) is 0. The first kappa shape index (κ1) is 19.9. The number of carbonyl (C=O) groups is 2. The SMILES string of the molecule is CC(C)(CNC(=O)NCc1ccc(C(=O)O)cc1)N1CCc2ccccc2C1. The molecule has 0 saturated carbocycles. The third-order valence-electron chi connectivity index (χ3n) is 5.32. The molecule has 0 spiro atoms. The number of benzene rings is 2. The molecule has 3 rings (SSSR count). The Bertz CT molecular complexity index is 846. The van der Waals surface area contributed by atoms with Crippen molar-refractivity contribution in [2.45, 2.75) is 38.9 Å². The van der Waals surface area contributed by atoms with Crippen LogP contribution < -0.4 is 10.6 Å². The van der Waals surface area contributed by atoms with Gasteiger partial charge >= 0.3 is 12.0 Å². The maximum atomic E-state index is 12.2. The van der Waals surface area contributed by atoms with Crippen molar-refractivity contribution in [1.29, 1.82) is 0 Å². The third kappa shape index (κ3) is 4.89. The van der Waals surface area contributed by atoms with Crippen molar-refractivity contribution >= 4 is 12.0 Å². The number of amides is 2. The molecule has 0 atom stereocenters. The Morgan fingerprint density at radius 3 is 2.39 bits per heavy atom. The van der Waals surface area contributed by atoms with E-state index in [1.807, 2.05) is 0 Å². The zero-order valence-electron chi connectivity index (χ0n) is 16.4. The molecule has 0 saturated heterocycles. The Hall–Kier alpha value is -2.86. The summed E-state index contributed by atoms with van der Waals surface area (Å²) >= 11 is 0. The number of urea groups is 1. The lowest BCUT2D eigenvalue weighted by Gasteiger charge is -2.41. The number of carbonyl (C=O) groups excluding carboxylic acids is 1. The highest BCUT2D eigenvalue weighted by Crippen LogP contribution is 2.24. The van der Waals surface area contributed by atoms with Crippen LogP contribution >= 0.6 is 0 Å². The summed E-state index contributed by atoms with van der Waals surface area (Å²) in [5.41, 5.74) is 3.70. The molecule has 1 heterocycles. The fourth-order valence-electron chi connectivity index (χ4n) is 3.43. The lowest BCUT2D eigenvalue weighted by Crippen LogP contribution is -2.54. The molecule has 0 aliphatic carbocycles. The standard InChI is InChI=1S/C22H27N3O3/c1-22(2,25-12-11-17-5-3-4-6-19(17)14-25)15-24-21(28)23-13-16-7-9-18(10-8-16)20(26)27/h3-10H,11-15H2,1-2H3,(H,26,27)(H2,23,24,28). The van der Waals surface area contributed by atoms with Gasteiger partial charge in [0.25, 0.3) is 0 Å². The van der Waals surface area contributed by atoms with Gasteiger partial charge in [-0.2, -0.15) is 0 Å². The topological polar surface area (TPSA) is 81.7 Å². The lowest BCUT2D eigenvalue weighted by atomic mass is 9.94. The second-order valence-corrected chi connectivity index (χ2v) is 7.79. The Kier molecular flexibility index (Phi) is 5.99. The van der Waals surface area contributed by atoms with E-state index in [2.05, 4.69) is 53.6 Å². The molecule has 0 unspecified atom stereocenters. The van der Waals surface area contributed by atoms with E-state index in [4.69, 9.17) is 5.11 Å². The van der Waals surface area contributed by atoms with E-state index < -0.39 is 5.97 Å².